The number of hydrogen-bond donors (Lipinski definition) is 2. The van der Waals surface area contributed by atoms with Gasteiger partial charge in [-0.05, 0) is 44.0 Å². The Morgan fingerprint density at radius 1 is 1.19 bits per heavy atom. The van der Waals surface area contributed by atoms with E-state index in [0.717, 1.165) is 12.8 Å². The Bertz CT molecular complexity index is 850. The van der Waals surface area contributed by atoms with Crippen LogP contribution in [0.1, 0.15) is 19.8 Å². The molecule has 1 aromatic heterocycles. The number of nitrogens with one attached hydrogen (secondary N) is 2. The predicted octanol–water partition coefficient (Wildman–Crippen LogP) is 1.99. The van der Waals surface area contributed by atoms with E-state index in [1.807, 2.05) is 6.07 Å². The van der Waals surface area contributed by atoms with Crippen molar-refractivity contribution >= 4 is 27.4 Å². The third kappa shape index (κ3) is 4.32. The first-order chi connectivity index (χ1) is 12.5. The first kappa shape index (κ1) is 18.2. The molecule has 0 bridgehead atoms. The highest BCUT2D eigenvalue weighted by Crippen LogP contribution is 2.23. The van der Waals surface area contributed by atoms with E-state index in [0.29, 0.717) is 24.1 Å². The molecule has 0 spiro atoms. The molecule has 0 unspecified atom stereocenters. The van der Waals surface area contributed by atoms with Gasteiger partial charge in [0, 0.05) is 18.8 Å². The number of nitrogens with zero attached hydrogens (tertiary/aromatic N) is 2. The van der Waals surface area contributed by atoms with Crippen molar-refractivity contribution in [2.75, 3.05) is 22.7 Å². The van der Waals surface area contributed by atoms with Crippen LogP contribution in [-0.4, -0.2) is 38.4 Å². The van der Waals surface area contributed by atoms with Crippen molar-refractivity contribution in [3.8, 4) is 0 Å². The second-order valence-electron chi connectivity index (χ2n) is 6.08. The highest BCUT2D eigenvalue weighted by Gasteiger charge is 2.24. The van der Waals surface area contributed by atoms with Crippen LogP contribution in [0, 0.1) is 0 Å². The van der Waals surface area contributed by atoms with Gasteiger partial charge in [-0.2, -0.15) is 0 Å². The zero-order valence-electron chi connectivity index (χ0n) is 14.6. The summed E-state index contributed by atoms with van der Waals surface area (Å²) in [4.78, 5) is 15.9. The van der Waals surface area contributed by atoms with E-state index >= 15 is 0 Å². The Balaban J connectivity index is 1.68. The molecule has 2 aromatic rings. The molecule has 26 heavy (non-hydrogen) atoms. The summed E-state index contributed by atoms with van der Waals surface area (Å²) in [6, 6.07) is 12.3. The number of pyridine rings is 1. The molecule has 1 saturated carbocycles. The van der Waals surface area contributed by atoms with Crippen molar-refractivity contribution in [1.29, 1.82) is 0 Å². The first-order valence-electron chi connectivity index (χ1n) is 8.58. The molecule has 1 amide bonds. The molecule has 0 saturated heterocycles. The highest BCUT2D eigenvalue weighted by atomic mass is 32.2. The summed E-state index contributed by atoms with van der Waals surface area (Å²) in [6.07, 6.45) is 3.37. The Kier molecular flexibility index (Phi) is 5.41. The maximum atomic E-state index is 12.9. The molecule has 7 nitrogen and oxygen atoms in total. The van der Waals surface area contributed by atoms with Gasteiger partial charge in [-0.15, -0.1) is 0 Å². The zero-order valence-corrected chi connectivity index (χ0v) is 15.4. The number of hydrogen-bond acceptors (Lipinski definition) is 5. The largest absolute Gasteiger partial charge is 0.361 e. The molecular weight excluding hydrogens is 352 g/mol. The number of carbonyl (C=O) groups excluding carboxylic acids is 1. The van der Waals surface area contributed by atoms with Gasteiger partial charge >= 0.3 is 0 Å². The minimum atomic E-state index is -3.70. The van der Waals surface area contributed by atoms with Gasteiger partial charge in [-0.1, -0.05) is 18.2 Å². The molecule has 2 N–H and O–H groups in total. The van der Waals surface area contributed by atoms with Gasteiger partial charge in [-0.3, -0.25) is 9.10 Å². The molecule has 8 heteroatoms. The molecule has 0 radical (unpaired) electrons. The lowest BCUT2D eigenvalue weighted by Gasteiger charge is -2.22. The monoisotopic (exact) mass is 374 g/mol. The van der Waals surface area contributed by atoms with Gasteiger partial charge in [0.25, 0.3) is 10.0 Å². The average Bonchev–Trinajstić information content (AvgIpc) is 3.45. The van der Waals surface area contributed by atoms with Crippen LogP contribution < -0.4 is 14.9 Å². The SMILES string of the molecule is CCN(c1ccccc1)S(=O)(=O)c1ccc(NCC(=O)NC2CC2)nc1. The van der Waals surface area contributed by atoms with Crippen LogP contribution in [0.15, 0.2) is 53.6 Å². The van der Waals surface area contributed by atoms with E-state index in [9.17, 15) is 13.2 Å². The van der Waals surface area contributed by atoms with Gasteiger partial charge in [-0.25, -0.2) is 13.4 Å². The average molecular weight is 374 g/mol. The van der Waals surface area contributed by atoms with Crippen molar-refractivity contribution in [1.82, 2.24) is 10.3 Å². The lowest BCUT2D eigenvalue weighted by Crippen LogP contribution is -2.32. The van der Waals surface area contributed by atoms with Gasteiger partial charge in [0.2, 0.25) is 5.91 Å². The van der Waals surface area contributed by atoms with E-state index in [1.54, 1.807) is 37.3 Å². The zero-order chi connectivity index (χ0) is 18.6. The number of sulfonamides is 1. The van der Waals surface area contributed by atoms with Crippen LogP contribution in [0.2, 0.25) is 0 Å². The third-order valence-electron chi connectivity index (χ3n) is 4.03. The molecule has 1 aliphatic carbocycles. The van der Waals surface area contributed by atoms with Crippen molar-refractivity contribution in [3.05, 3.63) is 48.7 Å². The number of rotatable bonds is 8. The normalized spacial score (nSPS) is 13.9. The Morgan fingerprint density at radius 2 is 1.92 bits per heavy atom. The first-order valence-corrected chi connectivity index (χ1v) is 10.0. The Morgan fingerprint density at radius 3 is 2.50 bits per heavy atom. The van der Waals surface area contributed by atoms with Crippen LogP contribution in [0.25, 0.3) is 0 Å². The molecule has 1 aliphatic rings. The molecule has 3 rings (SSSR count). The minimum Gasteiger partial charge on any atom is -0.361 e. The predicted molar refractivity (Wildman–Crippen MR) is 101 cm³/mol. The van der Waals surface area contributed by atoms with Crippen LogP contribution in [-0.2, 0) is 14.8 Å². The topological polar surface area (TPSA) is 91.4 Å². The Hall–Kier alpha value is -2.61. The minimum absolute atomic E-state index is 0.0905. The summed E-state index contributed by atoms with van der Waals surface area (Å²) in [6.45, 7) is 2.21. The van der Waals surface area contributed by atoms with Gasteiger partial charge in [0.05, 0.1) is 12.2 Å². The summed E-state index contributed by atoms with van der Waals surface area (Å²) >= 11 is 0. The van der Waals surface area contributed by atoms with Crippen molar-refractivity contribution in [2.45, 2.75) is 30.7 Å². The molecule has 1 heterocycles. The summed E-state index contributed by atoms with van der Waals surface area (Å²) in [7, 11) is -3.70. The quantitative estimate of drug-likeness (QED) is 0.737. The highest BCUT2D eigenvalue weighted by molar-refractivity contribution is 7.92. The fraction of sp³-hybridized carbons (Fsp3) is 0.333. The summed E-state index contributed by atoms with van der Waals surface area (Å²) in [5.41, 5.74) is 0.606. The van der Waals surface area contributed by atoms with E-state index < -0.39 is 10.0 Å². The number of aromatic nitrogens is 1. The molecule has 1 aromatic carbocycles. The molecule has 0 aliphatic heterocycles. The lowest BCUT2D eigenvalue weighted by atomic mass is 10.3. The maximum Gasteiger partial charge on any atom is 0.265 e. The lowest BCUT2D eigenvalue weighted by molar-refractivity contribution is -0.119. The number of amides is 1. The van der Waals surface area contributed by atoms with Gasteiger partial charge < -0.3 is 10.6 Å². The molecule has 1 fully saturated rings. The third-order valence-corrected chi connectivity index (χ3v) is 5.91. The standard InChI is InChI=1S/C18H22N4O3S/c1-2-22(15-6-4-3-5-7-15)26(24,25)16-10-11-17(19-12-16)20-13-18(23)21-14-8-9-14/h3-7,10-12,14H,2,8-9,13H2,1H3,(H,19,20)(H,21,23). The summed E-state index contributed by atoms with van der Waals surface area (Å²) < 4.78 is 27.1. The van der Waals surface area contributed by atoms with E-state index in [1.165, 1.54) is 16.6 Å². The summed E-state index contributed by atoms with van der Waals surface area (Å²) in [5.74, 6) is 0.366. The fourth-order valence-electron chi connectivity index (χ4n) is 2.53. The second-order valence-corrected chi connectivity index (χ2v) is 7.94. The summed E-state index contributed by atoms with van der Waals surface area (Å²) in [5, 5.41) is 5.77. The van der Waals surface area contributed by atoms with Crippen LogP contribution in [0.3, 0.4) is 0 Å². The molecule has 0 atom stereocenters. The Labute approximate surface area is 153 Å². The number of anilines is 2. The van der Waals surface area contributed by atoms with E-state index in [-0.39, 0.29) is 17.3 Å². The van der Waals surface area contributed by atoms with Gasteiger partial charge in [0.1, 0.15) is 10.7 Å². The maximum absolute atomic E-state index is 12.9. The fourth-order valence-corrected chi connectivity index (χ4v) is 3.95. The van der Waals surface area contributed by atoms with Gasteiger partial charge in [0.15, 0.2) is 0 Å². The second kappa shape index (κ2) is 7.74. The van der Waals surface area contributed by atoms with Crippen LogP contribution in [0.4, 0.5) is 11.5 Å². The molecular formula is C18H22N4O3S. The number of benzene rings is 1. The number of para-hydroxylation sites is 1. The van der Waals surface area contributed by atoms with Crippen LogP contribution in [0.5, 0.6) is 0 Å². The van der Waals surface area contributed by atoms with Crippen molar-refractivity contribution < 1.29 is 13.2 Å². The van der Waals surface area contributed by atoms with E-state index in [2.05, 4.69) is 15.6 Å². The number of carbonyl (C=O) groups is 1. The van der Waals surface area contributed by atoms with Crippen molar-refractivity contribution in [3.63, 3.8) is 0 Å². The molecule has 138 valence electrons. The van der Waals surface area contributed by atoms with E-state index in [4.69, 9.17) is 0 Å². The smallest absolute Gasteiger partial charge is 0.265 e. The van der Waals surface area contributed by atoms with Crippen molar-refractivity contribution in [2.24, 2.45) is 0 Å². The van der Waals surface area contributed by atoms with Crippen LogP contribution >= 0.6 is 0 Å².